The Hall–Kier alpha value is -2.72. The largest absolute Gasteiger partial charge is 0.481 e. The minimum absolute atomic E-state index is 0.00634. The summed E-state index contributed by atoms with van der Waals surface area (Å²) in [4.78, 5) is 43.0. The van der Waals surface area contributed by atoms with E-state index in [0.717, 1.165) is 36.6 Å². The van der Waals surface area contributed by atoms with Crippen LogP contribution in [0.3, 0.4) is 0 Å². The Morgan fingerprint density at radius 3 is 2.81 bits per heavy atom. The Bertz CT molecular complexity index is 1130. The number of fused-ring (bicyclic) bond motifs is 1. The van der Waals surface area contributed by atoms with E-state index in [9.17, 15) is 14.4 Å². The fourth-order valence-electron chi connectivity index (χ4n) is 3.14. The standard InChI is InChI=1S/C21H24N4O4S2/c1-3-4-5-9-22-18-14(19(28)25-12-13(2)6-7-16(25)23-18)11-15-20(29)24(21(30)31-15)10-8-17(26)27/h6-7,11-12,22H,3-5,8-10H2,1-2H3,(H,26,27)/b15-11+. The third kappa shape index (κ3) is 5.31. The van der Waals surface area contributed by atoms with E-state index in [4.69, 9.17) is 17.3 Å². The van der Waals surface area contributed by atoms with Crippen LogP contribution in [0.4, 0.5) is 5.82 Å². The van der Waals surface area contributed by atoms with Crippen molar-refractivity contribution >= 4 is 57.7 Å². The van der Waals surface area contributed by atoms with Crippen LogP contribution >= 0.6 is 24.0 Å². The summed E-state index contributed by atoms with van der Waals surface area (Å²) in [6.45, 7) is 4.65. The molecule has 1 fully saturated rings. The topological polar surface area (TPSA) is 104 Å². The Morgan fingerprint density at radius 2 is 2.10 bits per heavy atom. The van der Waals surface area contributed by atoms with Crippen LogP contribution in [0, 0.1) is 6.92 Å². The number of carboxylic acids is 1. The van der Waals surface area contributed by atoms with Crippen LogP contribution in [0.5, 0.6) is 0 Å². The van der Waals surface area contributed by atoms with Crippen molar-refractivity contribution in [1.82, 2.24) is 14.3 Å². The molecule has 10 heteroatoms. The van der Waals surface area contributed by atoms with Gasteiger partial charge in [0.25, 0.3) is 11.5 Å². The van der Waals surface area contributed by atoms with Gasteiger partial charge in [-0.2, -0.15) is 0 Å². The van der Waals surface area contributed by atoms with E-state index in [0.29, 0.717) is 18.0 Å². The average Bonchev–Trinajstić information content (AvgIpc) is 2.99. The van der Waals surface area contributed by atoms with Gasteiger partial charge in [-0.05, 0) is 31.1 Å². The molecule has 0 saturated carbocycles. The van der Waals surface area contributed by atoms with Crippen LogP contribution in [-0.4, -0.2) is 48.7 Å². The summed E-state index contributed by atoms with van der Waals surface area (Å²) >= 11 is 6.30. The molecule has 0 spiro atoms. The van der Waals surface area contributed by atoms with E-state index in [1.807, 2.05) is 13.0 Å². The van der Waals surface area contributed by atoms with Gasteiger partial charge in [-0.15, -0.1) is 0 Å². The number of pyridine rings is 1. The monoisotopic (exact) mass is 460 g/mol. The van der Waals surface area contributed by atoms with E-state index in [-0.39, 0.29) is 33.3 Å². The molecule has 0 unspecified atom stereocenters. The summed E-state index contributed by atoms with van der Waals surface area (Å²) in [5, 5.41) is 12.1. The van der Waals surface area contributed by atoms with Crippen LogP contribution in [0.25, 0.3) is 11.7 Å². The van der Waals surface area contributed by atoms with Gasteiger partial charge in [0, 0.05) is 19.3 Å². The molecule has 0 atom stereocenters. The van der Waals surface area contributed by atoms with Crippen molar-refractivity contribution in [2.24, 2.45) is 0 Å². The first-order chi connectivity index (χ1) is 14.8. The number of thioether (sulfide) groups is 1. The predicted molar refractivity (Wildman–Crippen MR) is 126 cm³/mol. The SMILES string of the molecule is CCCCCNc1nc2ccc(C)cn2c(=O)c1/C=C1/SC(=S)N(CCC(=O)O)C1=O. The van der Waals surface area contributed by atoms with Crippen molar-refractivity contribution in [2.75, 3.05) is 18.4 Å². The summed E-state index contributed by atoms with van der Waals surface area (Å²) in [6.07, 6.45) is 6.07. The highest BCUT2D eigenvalue weighted by Gasteiger charge is 2.32. The number of rotatable bonds is 9. The van der Waals surface area contributed by atoms with E-state index in [2.05, 4.69) is 17.2 Å². The number of unbranched alkanes of at least 4 members (excludes halogenated alkanes) is 2. The number of carbonyl (C=O) groups is 2. The Morgan fingerprint density at radius 1 is 1.32 bits per heavy atom. The average molecular weight is 461 g/mol. The lowest BCUT2D eigenvalue weighted by Gasteiger charge is -2.13. The third-order valence-electron chi connectivity index (χ3n) is 4.78. The van der Waals surface area contributed by atoms with Crippen LogP contribution in [-0.2, 0) is 9.59 Å². The highest BCUT2D eigenvalue weighted by Crippen LogP contribution is 2.33. The first kappa shape index (κ1) is 23.0. The molecule has 3 rings (SSSR count). The number of aryl methyl sites for hydroxylation is 1. The van der Waals surface area contributed by atoms with Gasteiger partial charge in [0.15, 0.2) is 0 Å². The first-order valence-corrected chi connectivity index (χ1v) is 11.3. The Labute approximate surface area is 189 Å². The van der Waals surface area contributed by atoms with Crippen LogP contribution < -0.4 is 10.9 Å². The molecule has 8 nitrogen and oxygen atoms in total. The van der Waals surface area contributed by atoms with Gasteiger partial charge in [-0.1, -0.05) is 49.8 Å². The van der Waals surface area contributed by atoms with Gasteiger partial charge in [-0.25, -0.2) is 4.98 Å². The van der Waals surface area contributed by atoms with Crippen LogP contribution in [0.2, 0.25) is 0 Å². The number of hydrogen-bond donors (Lipinski definition) is 2. The zero-order chi connectivity index (χ0) is 22.5. The van der Waals surface area contributed by atoms with Crippen molar-refractivity contribution < 1.29 is 14.7 Å². The van der Waals surface area contributed by atoms with E-state index in [1.54, 1.807) is 12.3 Å². The molecule has 164 valence electrons. The highest BCUT2D eigenvalue weighted by molar-refractivity contribution is 8.26. The molecule has 1 amide bonds. The summed E-state index contributed by atoms with van der Waals surface area (Å²) in [7, 11) is 0. The van der Waals surface area contributed by atoms with Crippen molar-refractivity contribution in [3.63, 3.8) is 0 Å². The molecule has 2 N–H and O–H groups in total. The third-order valence-corrected chi connectivity index (χ3v) is 6.15. The molecule has 0 aliphatic carbocycles. The number of nitrogens with one attached hydrogen (secondary N) is 1. The zero-order valence-electron chi connectivity index (χ0n) is 17.4. The van der Waals surface area contributed by atoms with Gasteiger partial charge in [0.05, 0.1) is 16.9 Å². The first-order valence-electron chi connectivity index (χ1n) is 10.1. The number of aliphatic carboxylic acids is 1. The molecule has 31 heavy (non-hydrogen) atoms. The van der Waals surface area contributed by atoms with Gasteiger partial charge in [0.2, 0.25) is 0 Å². The van der Waals surface area contributed by atoms with E-state index < -0.39 is 11.9 Å². The maximum Gasteiger partial charge on any atom is 0.305 e. The molecule has 1 aliphatic rings. The maximum atomic E-state index is 13.3. The van der Waals surface area contributed by atoms with Gasteiger partial charge >= 0.3 is 5.97 Å². The summed E-state index contributed by atoms with van der Waals surface area (Å²) in [5.74, 6) is -0.994. The second-order valence-corrected chi connectivity index (χ2v) is 8.90. The lowest BCUT2D eigenvalue weighted by atomic mass is 10.2. The molecule has 3 heterocycles. The molecular weight excluding hydrogens is 436 g/mol. The Balaban J connectivity index is 2.01. The van der Waals surface area contributed by atoms with Crippen molar-refractivity contribution in [2.45, 2.75) is 39.5 Å². The molecular formula is C21H24N4O4S2. The predicted octanol–water partition coefficient (Wildman–Crippen LogP) is 3.28. The molecule has 0 radical (unpaired) electrons. The summed E-state index contributed by atoms with van der Waals surface area (Å²) in [5.41, 5.74) is 1.41. The fourth-order valence-corrected chi connectivity index (χ4v) is 4.43. The molecule has 1 aliphatic heterocycles. The number of nitrogens with zero attached hydrogens (tertiary/aromatic N) is 3. The fraction of sp³-hybridized carbons (Fsp3) is 0.381. The lowest BCUT2D eigenvalue weighted by Crippen LogP contribution is -2.30. The van der Waals surface area contributed by atoms with Crippen LogP contribution in [0.1, 0.15) is 43.7 Å². The lowest BCUT2D eigenvalue weighted by molar-refractivity contribution is -0.137. The van der Waals surface area contributed by atoms with Crippen molar-refractivity contribution in [3.8, 4) is 0 Å². The molecule has 0 aromatic carbocycles. The zero-order valence-corrected chi connectivity index (χ0v) is 19.0. The quantitative estimate of drug-likeness (QED) is 0.334. The molecule has 0 bridgehead atoms. The smallest absolute Gasteiger partial charge is 0.305 e. The summed E-state index contributed by atoms with van der Waals surface area (Å²) in [6, 6.07) is 3.67. The maximum absolute atomic E-state index is 13.3. The van der Waals surface area contributed by atoms with Gasteiger partial charge < -0.3 is 10.4 Å². The number of carboxylic acid groups (broad SMARTS) is 1. The minimum atomic E-state index is -1.01. The number of amides is 1. The Kier molecular flexibility index (Phi) is 7.45. The van der Waals surface area contributed by atoms with Crippen molar-refractivity contribution in [1.29, 1.82) is 0 Å². The molecule has 2 aromatic rings. The number of carbonyl (C=O) groups excluding carboxylic acids is 1. The summed E-state index contributed by atoms with van der Waals surface area (Å²) < 4.78 is 1.74. The minimum Gasteiger partial charge on any atom is -0.481 e. The normalized spacial score (nSPS) is 15.3. The number of hydrogen-bond acceptors (Lipinski definition) is 7. The second-order valence-electron chi connectivity index (χ2n) is 7.22. The highest BCUT2D eigenvalue weighted by atomic mass is 32.2. The molecule has 1 saturated heterocycles. The van der Waals surface area contributed by atoms with Gasteiger partial charge in [0.1, 0.15) is 15.8 Å². The number of thiocarbonyl (C=S) groups is 1. The number of aromatic nitrogens is 2. The van der Waals surface area contributed by atoms with Crippen molar-refractivity contribution in [3.05, 3.63) is 44.7 Å². The van der Waals surface area contributed by atoms with E-state index in [1.165, 1.54) is 15.4 Å². The molecule has 2 aromatic heterocycles. The van der Waals surface area contributed by atoms with E-state index >= 15 is 0 Å². The van der Waals surface area contributed by atoms with Crippen LogP contribution in [0.15, 0.2) is 28.0 Å². The second kappa shape index (κ2) is 10.1. The van der Waals surface area contributed by atoms with Gasteiger partial charge in [-0.3, -0.25) is 23.7 Å². The number of anilines is 1.